The van der Waals surface area contributed by atoms with E-state index in [1.54, 1.807) is 13.3 Å². The van der Waals surface area contributed by atoms with Crippen LogP contribution >= 0.6 is 0 Å². The van der Waals surface area contributed by atoms with Gasteiger partial charge in [0.15, 0.2) is 33.3 Å². The quantitative estimate of drug-likeness (QED) is 0.213. The van der Waals surface area contributed by atoms with Crippen LogP contribution in [0, 0.1) is 0 Å². The van der Waals surface area contributed by atoms with Crippen molar-refractivity contribution >= 4 is 39.5 Å². The average Bonchev–Trinajstić information content (AvgIpc) is 2.42. The van der Waals surface area contributed by atoms with Gasteiger partial charge in [0.25, 0.3) is 0 Å². The molecule has 0 N–H and O–H groups in total. The first-order valence-corrected chi connectivity index (χ1v) is 23.6. The summed E-state index contributed by atoms with van der Waals surface area (Å²) in [5.41, 5.74) is -0.757. The maximum atomic E-state index is 6.81. The topological polar surface area (TPSA) is 58.5 Å². The van der Waals surface area contributed by atoms with Gasteiger partial charge in [0, 0.05) is 0 Å². The van der Waals surface area contributed by atoms with E-state index in [4.69, 9.17) is 22.5 Å². The highest BCUT2D eigenvalue weighted by atomic mass is 28.4. The standard InChI is InChI=1S/C18H45NO5Si4/c1-20-19-14-17(23-27(8,9)10)18(24-28(11,12)13,15-21-25(2,3)4)16-22-26(5,6)7/h14,17H,15-16H2,1-13H3/b19-14+/t17-/m0/s1. The van der Waals surface area contributed by atoms with E-state index in [1.807, 2.05) is 0 Å². The number of oxime groups is 1. The molecule has 0 unspecified atom stereocenters. The Hall–Kier alpha value is 0.178. The molecule has 0 aliphatic carbocycles. The van der Waals surface area contributed by atoms with Gasteiger partial charge in [-0.05, 0) is 78.6 Å². The van der Waals surface area contributed by atoms with E-state index in [9.17, 15) is 0 Å². The molecule has 6 nitrogen and oxygen atoms in total. The Kier molecular flexibility index (Phi) is 10.5. The van der Waals surface area contributed by atoms with Crippen molar-refractivity contribution < 1.29 is 22.5 Å². The predicted molar refractivity (Wildman–Crippen MR) is 129 cm³/mol. The molecule has 0 amide bonds. The molecule has 0 aromatic rings. The van der Waals surface area contributed by atoms with Crippen LogP contribution in [0.15, 0.2) is 5.16 Å². The Morgan fingerprint density at radius 3 is 1.43 bits per heavy atom. The Morgan fingerprint density at radius 1 is 0.714 bits per heavy atom. The molecule has 0 bridgehead atoms. The van der Waals surface area contributed by atoms with Crippen LogP contribution in [0.2, 0.25) is 78.6 Å². The Morgan fingerprint density at radius 2 is 1.14 bits per heavy atom. The molecule has 0 heterocycles. The third-order valence-electron chi connectivity index (χ3n) is 3.31. The summed E-state index contributed by atoms with van der Waals surface area (Å²) in [6, 6.07) is 0. The Bertz CT molecular complexity index is 472. The van der Waals surface area contributed by atoms with Crippen LogP contribution in [0.5, 0.6) is 0 Å². The number of hydrogen-bond donors (Lipinski definition) is 0. The lowest BCUT2D eigenvalue weighted by Gasteiger charge is -2.46. The number of nitrogens with zero attached hydrogens (tertiary/aromatic N) is 1. The highest BCUT2D eigenvalue weighted by Gasteiger charge is 2.47. The summed E-state index contributed by atoms with van der Waals surface area (Å²) in [6.07, 6.45) is 1.32. The van der Waals surface area contributed by atoms with Crippen LogP contribution in [-0.2, 0) is 22.5 Å². The largest absolute Gasteiger partial charge is 0.415 e. The molecule has 0 saturated carbocycles. The molecule has 10 heteroatoms. The van der Waals surface area contributed by atoms with Crippen molar-refractivity contribution in [1.82, 2.24) is 0 Å². The molecule has 0 aromatic carbocycles. The van der Waals surface area contributed by atoms with Gasteiger partial charge in [0.2, 0.25) is 0 Å². The van der Waals surface area contributed by atoms with E-state index in [-0.39, 0.29) is 0 Å². The minimum Gasteiger partial charge on any atom is -0.415 e. The number of rotatable bonds is 13. The fourth-order valence-electron chi connectivity index (χ4n) is 2.38. The van der Waals surface area contributed by atoms with Crippen LogP contribution in [-0.4, -0.2) is 71.5 Å². The van der Waals surface area contributed by atoms with Crippen LogP contribution in [0.1, 0.15) is 0 Å². The lowest BCUT2D eigenvalue weighted by atomic mass is 10.00. The second-order valence-corrected chi connectivity index (χ2v) is 29.1. The van der Waals surface area contributed by atoms with Crippen LogP contribution in [0.4, 0.5) is 0 Å². The summed E-state index contributed by atoms with van der Waals surface area (Å²) >= 11 is 0. The van der Waals surface area contributed by atoms with Gasteiger partial charge in [-0.3, -0.25) is 0 Å². The number of hydrogen-bond acceptors (Lipinski definition) is 6. The molecule has 0 rings (SSSR count). The molecule has 28 heavy (non-hydrogen) atoms. The first kappa shape index (κ1) is 28.2. The minimum atomic E-state index is -1.96. The zero-order valence-electron chi connectivity index (χ0n) is 20.6. The molecule has 168 valence electrons. The van der Waals surface area contributed by atoms with Crippen molar-refractivity contribution in [1.29, 1.82) is 0 Å². The van der Waals surface area contributed by atoms with E-state index < -0.39 is 45.0 Å². The molecule has 0 aliphatic heterocycles. The molecule has 0 saturated heterocycles. The summed E-state index contributed by atoms with van der Waals surface area (Å²) < 4.78 is 26.1. The van der Waals surface area contributed by atoms with Gasteiger partial charge in [-0.1, -0.05) is 5.16 Å². The van der Waals surface area contributed by atoms with Crippen molar-refractivity contribution in [3.8, 4) is 0 Å². The predicted octanol–water partition coefficient (Wildman–Crippen LogP) is 5.13. The van der Waals surface area contributed by atoms with Gasteiger partial charge in [-0.25, -0.2) is 0 Å². The van der Waals surface area contributed by atoms with Gasteiger partial charge in [-0.2, -0.15) is 0 Å². The van der Waals surface area contributed by atoms with E-state index in [0.29, 0.717) is 13.2 Å². The van der Waals surface area contributed by atoms with Gasteiger partial charge < -0.3 is 22.5 Å². The van der Waals surface area contributed by atoms with Crippen LogP contribution in [0.25, 0.3) is 0 Å². The monoisotopic (exact) mass is 467 g/mol. The third-order valence-corrected chi connectivity index (χ3v) is 7.31. The molecular formula is C18H45NO5Si4. The molecule has 0 aromatic heterocycles. The zero-order valence-corrected chi connectivity index (χ0v) is 24.6. The highest BCUT2D eigenvalue weighted by molar-refractivity contribution is 6.71. The second kappa shape index (κ2) is 10.5. The van der Waals surface area contributed by atoms with Crippen molar-refractivity contribution in [2.75, 3.05) is 20.3 Å². The fraction of sp³-hybridized carbons (Fsp3) is 0.944. The van der Waals surface area contributed by atoms with E-state index in [2.05, 4.69) is 83.7 Å². The summed E-state index contributed by atoms with van der Waals surface area (Å²) in [5, 5.41) is 4.06. The maximum Gasteiger partial charge on any atom is 0.184 e. The van der Waals surface area contributed by atoms with Crippen molar-refractivity contribution in [3.05, 3.63) is 0 Å². The van der Waals surface area contributed by atoms with E-state index in [1.165, 1.54) is 0 Å². The summed E-state index contributed by atoms with van der Waals surface area (Å²) in [5.74, 6) is 0. The smallest absolute Gasteiger partial charge is 0.184 e. The van der Waals surface area contributed by atoms with Crippen molar-refractivity contribution in [3.63, 3.8) is 0 Å². The summed E-state index contributed by atoms with van der Waals surface area (Å²) in [6.45, 7) is 27.0. The lowest BCUT2D eigenvalue weighted by molar-refractivity contribution is -0.0793. The highest BCUT2D eigenvalue weighted by Crippen LogP contribution is 2.29. The maximum absolute atomic E-state index is 6.81. The second-order valence-electron chi connectivity index (χ2n) is 11.2. The van der Waals surface area contributed by atoms with Crippen LogP contribution in [0.3, 0.4) is 0 Å². The average molecular weight is 468 g/mol. The normalized spacial score (nSPS) is 15.9. The molecule has 0 fully saturated rings. The minimum absolute atomic E-state index is 0.404. The van der Waals surface area contributed by atoms with E-state index in [0.717, 1.165) is 0 Å². The zero-order chi connectivity index (χ0) is 22.4. The lowest BCUT2D eigenvalue weighted by Crippen LogP contribution is -2.62. The first-order chi connectivity index (χ1) is 12.3. The Labute approximate surface area is 177 Å². The van der Waals surface area contributed by atoms with Crippen molar-refractivity contribution in [2.24, 2.45) is 5.16 Å². The molecule has 1 atom stereocenters. The third kappa shape index (κ3) is 13.4. The Balaban J connectivity index is 6.25. The SMILES string of the molecule is CO/N=C/[C@H](O[Si](C)(C)C)C(CO[Si](C)(C)C)(CO[Si](C)(C)C)O[Si](C)(C)C. The van der Waals surface area contributed by atoms with Crippen LogP contribution < -0.4 is 0 Å². The van der Waals surface area contributed by atoms with Gasteiger partial charge in [-0.15, -0.1) is 0 Å². The summed E-state index contributed by atoms with van der Waals surface area (Å²) in [7, 11) is -5.89. The molecule has 0 aliphatic rings. The van der Waals surface area contributed by atoms with Gasteiger partial charge in [0.1, 0.15) is 18.8 Å². The molecule has 0 radical (unpaired) electrons. The van der Waals surface area contributed by atoms with Gasteiger partial charge >= 0.3 is 0 Å². The molecule has 0 spiro atoms. The fourth-order valence-corrected chi connectivity index (χ4v) is 6.23. The first-order valence-electron chi connectivity index (χ1n) is 10.0. The summed E-state index contributed by atoms with van der Waals surface area (Å²) in [4.78, 5) is 5.00. The molecular weight excluding hydrogens is 423 g/mol. The van der Waals surface area contributed by atoms with E-state index >= 15 is 0 Å². The van der Waals surface area contributed by atoms with Gasteiger partial charge in [0.05, 0.1) is 19.4 Å². The van der Waals surface area contributed by atoms with Crippen molar-refractivity contribution in [2.45, 2.75) is 90.3 Å².